The molecule has 92 valence electrons. The van der Waals surface area contributed by atoms with Crippen LogP contribution in [0.4, 0.5) is 0 Å². The van der Waals surface area contributed by atoms with Gasteiger partial charge in [0.1, 0.15) is 0 Å². The molecular formula is C17H24. The van der Waals surface area contributed by atoms with Crippen LogP contribution in [0.15, 0.2) is 42.7 Å². The summed E-state index contributed by atoms with van der Waals surface area (Å²) in [6, 6.07) is 0. The normalized spacial score (nSPS) is 35.8. The zero-order chi connectivity index (χ0) is 12.1. The molecule has 0 amide bonds. The molecule has 0 aromatic carbocycles. The van der Waals surface area contributed by atoms with E-state index in [1.54, 1.807) is 0 Å². The zero-order valence-electron chi connectivity index (χ0n) is 10.9. The van der Waals surface area contributed by atoms with Gasteiger partial charge in [-0.15, -0.1) is 5.73 Å². The Morgan fingerprint density at radius 1 is 1.06 bits per heavy atom. The van der Waals surface area contributed by atoms with E-state index in [1.807, 2.05) is 6.08 Å². The van der Waals surface area contributed by atoms with Gasteiger partial charge in [-0.2, -0.15) is 0 Å². The number of hydrogen-bond acceptors (Lipinski definition) is 0. The van der Waals surface area contributed by atoms with Crippen molar-refractivity contribution < 1.29 is 0 Å². The fourth-order valence-electron chi connectivity index (χ4n) is 3.55. The van der Waals surface area contributed by atoms with Gasteiger partial charge in [-0.3, -0.25) is 0 Å². The summed E-state index contributed by atoms with van der Waals surface area (Å²) in [5.74, 6) is 3.66. The summed E-state index contributed by atoms with van der Waals surface area (Å²) in [5, 5.41) is 0. The first kappa shape index (κ1) is 12.5. The summed E-state index contributed by atoms with van der Waals surface area (Å²) in [7, 11) is 0. The Bertz CT molecular complexity index is 341. The smallest absolute Gasteiger partial charge is 0.00930 e. The lowest BCUT2D eigenvalue weighted by Gasteiger charge is -2.23. The standard InChI is InChI=1S/C17H24/c1-3-5-7-8-10-15-12-16-13-17(15)11-14(16)9-6-4-2/h5-6,8-10,14-17H,1,4,7,11-13H2,2H3. The molecule has 0 aromatic heterocycles. The van der Waals surface area contributed by atoms with Gasteiger partial charge in [0.05, 0.1) is 0 Å². The summed E-state index contributed by atoms with van der Waals surface area (Å²) in [4.78, 5) is 0. The van der Waals surface area contributed by atoms with Crippen molar-refractivity contribution in [2.24, 2.45) is 23.7 Å². The quantitative estimate of drug-likeness (QED) is 0.463. The van der Waals surface area contributed by atoms with E-state index >= 15 is 0 Å². The maximum Gasteiger partial charge on any atom is -0.00930 e. The minimum Gasteiger partial charge on any atom is -0.133 e. The molecule has 0 heterocycles. The minimum atomic E-state index is 0.851. The van der Waals surface area contributed by atoms with Crippen LogP contribution in [-0.4, -0.2) is 0 Å². The van der Waals surface area contributed by atoms with Gasteiger partial charge < -0.3 is 0 Å². The van der Waals surface area contributed by atoms with E-state index in [0.29, 0.717) is 0 Å². The maximum atomic E-state index is 3.58. The molecule has 0 N–H and O–H groups in total. The first-order valence-electron chi connectivity index (χ1n) is 7.02. The average molecular weight is 228 g/mol. The molecule has 4 atom stereocenters. The van der Waals surface area contributed by atoms with Crippen molar-refractivity contribution >= 4 is 0 Å². The van der Waals surface area contributed by atoms with E-state index in [2.05, 4.69) is 43.5 Å². The summed E-state index contributed by atoms with van der Waals surface area (Å²) < 4.78 is 0. The SMILES string of the molecule is C=C=CCC=CC1CC2CC1CC2C=CCC. The van der Waals surface area contributed by atoms with E-state index in [4.69, 9.17) is 0 Å². The van der Waals surface area contributed by atoms with Gasteiger partial charge in [0.2, 0.25) is 0 Å². The third-order valence-electron chi connectivity index (χ3n) is 4.37. The van der Waals surface area contributed by atoms with Crippen molar-refractivity contribution in [3.05, 3.63) is 42.7 Å². The van der Waals surface area contributed by atoms with Gasteiger partial charge in [0.25, 0.3) is 0 Å². The Hall–Kier alpha value is -1.00. The van der Waals surface area contributed by atoms with Crippen LogP contribution in [0.5, 0.6) is 0 Å². The number of hydrogen-bond donors (Lipinski definition) is 0. The van der Waals surface area contributed by atoms with Crippen LogP contribution in [0, 0.1) is 23.7 Å². The highest BCUT2D eigenvalue weighted by molar-refractivity contribution is 5.08. The second-order valence-corrected chi connectivity index (χ2v) is 5.46. The molecule has 17 heavy (non-hydrogen) atoms. The van der Waals surface area contributed by atoms with Gasteiger partial charge in [0, 0.05) is 0 Å². The molecule has 2 aliphatic rings. The molecule has 2 fully saturated rings. The Balaban J connectivity index is 1.83. The second kappa shape index (κ2) is 6.07. The van der Waals surface area contributed by atoms with Crippen LogP contribution in [0.2, 0.25) is 0 Å². The van der Waals surface area contributed by atoms with Crippen LogP contribution in [0.25, 0.3) is 0 Å². The van der Waals surface area contributed by atoms with Crippen LogP contribution in [0.1, 0.15) is 39.0 Å². The van der Waals surface area contributed by atoms with E-state index in [9.17, 15) is 0 Å². The van der Waals surface area contributed by atoms with Gasteiger partial charge in [-0.05, 0) is 61.9 Å². The fourth-order valence-corrected chi connectivity index (χ4v) is 3.55. The molecule has 4 unspecified atom stereocenters. The molecule has 0 aromatic rings. The Kier molecular flexibility index (Phi) is 4.45. The summed E-state index contributed by atoms with van der Waals surface area (Å²) in [6.45, 7) is 5.81. The Morgan fingerprint density at radius 3 is 2.24 bits per heavy atom. The third-order valence-corrected chi connectivity index (χ3v) is 4.37. The van der Waals surface area contributed by atoms with E-state index < -0.39 is 0 Å². The van der Waals surface area contributed by atoms with Gasteiger partial charge in [-0.1, -0.05) is 37.8 Å². The van der Waals surface area contributed by atoms with Crippen molar-refractivity contribution in [3.63, 3.8) is 0 Å². The topological polar surface area (TPSA) is 0 Å². The number of rotatable bonds is 5. The van der Waals surface area contributed by atoms with Gasteiger partial charge in [0.15, 0.2) is 0 Å². The molecule has 2 aliphatic carbocycles. The molecule has 2 bridgehead atoms. The van der Waals surface area contributed by atoms with Crippen molar-refractivity contribution in [1.29, 1.82) is 0 Å². The largest absolute Gasteiger partial charge is 0.133 e. The van der Waals surface area contributed by atoms with Crippen LogP contribution in [0.3, 0.4) is 0 Å². The van der Waals surface area contributed by atoms with Crippen molar-refractivity contribution in [2.75, 3.05) is 0 Å². The first-order chi connectivity index (χ1) is 8.35. The Labute approximate surface area is 106 Å². The first-order valence-corrected chi connectivity index (χ1v) is 7.02. The zero-order valence-corrected chi connectivity index (χ0v) is 10.9. The van der Waals surface area contributed by atoms with Crippen molar-refractivity contribution in [2.45, 2.75) is 39.0 Å². The van der Waals surface area contributed by atoms with Crippen LogP contribution in [-0.2, 0) is 0 Å². The summed E-state index contributed by atoms with van der Waals surface area (Å²) in [5.41, 5.74) is 2.82. The number of fused-ring (bicyclic) bond motifs is 2. The van der Waals surface area contributed by atoms with Crippen LogP contribution >= 0.6 is 0 Å². The average Bonchev–Trinajstić information content (AvgIpc) is 2.91. The lowest BCUT2D eigenvalue weighted by molar-refractivity contribution is 0.335. The van der Waals surface area contributed by atoms with Gasteiger partial charge in [-0.25, -0.2) is 0 Å². The predicted octanol–water partition coefficient (Wildman–Crippen LogP) is 4.90. The molecule has 0 radical (unpaired) electrons. The molecule has 0 nitrogen and oxygen atoms in total. The molecule has 0 aliphatic heterocycles. The lowest BCUT2D eigenvalue weighted by Crippen LogP contribution is -2.14. The summed E-state index contributed by atoms with van der Waals surface area (Å²) >= 11 is 0. The van der Waals surface area contributed by atoms with Crippen molar-refractivity contribution in [1.82, 2.24) is 0 Å². The second-order valence-electron chi connectivity index (χ2n) is 5.46. The molecule has 0 heteroatoms. The fraction of sp³-hybridized carbons (Fsp3) is 0.588. The highest BCUT2D eigenvalue weighted by Crippen LogP contribution is 2.52. The monoisotopic (exact) mass is 228 g/mol. The third kappa shape index (κ3) is 3.01. The Morgan fingerprint density at radius 2 is 1.71 bits per heavy atom. The number of allylic oxidation sites excluding steroid dienone is 5. The van der Waals surface area contributed by atoms with Crippen molar-refractivity contribution in [3.8, 4) is 0 Å². The molecule has 0 saturated heterocycles. The minimum absolute atomic E-state index is 0.851. The van der Waals surface area contributed by atoms with E-state index in [0.717, 1.165) is 30.1 Å². The molecular weight excluding hydrogens is 204 g/mol. The maximum absolute atomic E-state index is 3.58. The van der Waals surface area contributed by atoms with E-state index in [-0.39, 0.29) is 0 Å². The molecule has 2 saturated carbocycles. The highest BCUT2D eigenvalue weighted by atomic mass is 14.5. The summed E-state index contributed by atoms with van der Waals surface area (Å²) in [6.07, 6.45) is 18.0. The molecule has 2 rings (SSSR count). The predicted molar refractivity (Wildman–Crippen MR) is 74.7 cm³/mol. The van der Waals surface area contributed by atoms with Gasteiger partial charge >= 0.3 is 0 Å². The van der Waals surface area contributed by atoms with Crippen LogP contribution < -0.4 is 0 Å². The van der Waals surface area contributed by atoms with E-state index in [1.165, 1.54) is 25.7 Å². The highest BCUT2D eigenvalue weighted by Gasteiger charge is 2.43. The lowest BCUT2D eigenvalue weighted by atomic mass is 9.81. The molecule has 0 spiro atoms.